The zero-order chi connectivity index (χ0) is 22.3. The Morgan fingerprint density at radius 3 is 2.12 bits per heavy atom. The van der Waals surface area contributed by atoms with Crippen LogP contribution in [0.1, 0.15) is 22.8 Å². The standard InChI is InChI=1S/C26H22N2O3S/c29-17-22-14-15-23(31-22)20-12-7-13-21(16-20)27-26(32)28-25(30)24(18-8-3-1-4-9-18)19-10-5-2-6-11-19/h1-16,24,29H,17H2,(H2,27,28,30,32). The Hall–Kier alpha value is -3.74. The second-order valence-electron chi connectivity index (χ2n) is 7.20. The summed E-state index contributed by atoms with van der Waals surface area (Å²) in [6, 6.07) is 30.2. The van der Waals surface area contributed by atoms with E-state index in [1.807, 2.05) is 84.9 Å². The van der Waals surface area contributed by atoms with E-state index in [4.69, 9.17) is 16.6 Å². The second kappa shape index (κ2) is 10.0. The summed E-state index contributed by atoms with van der Waals surface area (Å²) in [7, 11) is 0. The number of hydrogen-bond acceptors (Lipinski definition) is 4. The second-order valence-corrected chi connectivity index (χ2v) is 7.61. The van der Waals surface area contributed by atoms with E-state index in [0.29, 0.717) is 17.2 Å². The molecule has 32 heavy (non-hydrogen) atoms. The van der Waals surface area contributed by atoms with Gasteiger partial charge in [0.2, 0.25) is 5.91 Å². The van der Waals surface area contributed by atoms with Crippen LogP contribution in [-0.2, 0) is 11.4 Å². The molecule has 160 valence electrons. The first-order chi connectivity index (χ1) is 15.6. The number of rotatable bonds is 6. The van der Waals surface area contributed by atoms with Gasteiger partial charge in [-0.1, -0.05) is 72.8 Å². The van der Waals surface area contributed by atoms with Gasteiger partial charge in [-0.25, -0.2) is 0 Å². The number of nitrogens with one attached hydrogen (secondary N) is 2. The molecule has 6 heteroatoms. The Balaban J connectivity index is 1.49. The molecule has 0 unspecified atom stereocenters. The van der Waals surface area contributed by atoms with Crippen LogP contribution in [0.5, 0.6) is 0 Å². The Labute approximate surface area is 191 Å². The summed E-state index contributed by atoms with van der Waals surface area (Å²) in [4.78, 5) is 13.2. The summed E-state index contributed by atoms with van der Waals surface area (Å²) in [5.74, 6) is 0.438. The van der Waals surface area contributed by atoms with Crippen LogP contribution in [0, 0.1) is 0 Å². The van der Waals surface area contributed by atoms with E-state index in [9.17, 15) is 9.90 Å². The van der Waals surface area contributed by atoms with Gasteiger partial charge in [-0.3, -0.25) is 4.79 Å². The lowest BCUT2D eigenvalue weighted by atomic mass is 9.90. The van der Waals surface area contributed by atoms with E-state index in [-0.39, 0.29) is 17.6 Å². The fraction of sp³-hybridized carbons (Fsp3) is 0.0769. The average Bonchev–Trinajstić information content (AvgIpc) is 3.30. The fourth-order valence-electron chi connectivity index (χ4n) is 3.50. The largest absolute Gasteiger partial charge is 0.459 e. The Morgan fingerprint density at radius 1 is 0.875 bits per heavy atom. The van der Waals surface area contributed by atoms with E-state index >= 15 is 0 Å². The predicted molar refractivity (Wildman–Crippen MR) is 129 cm³/mol. The van der Waals surface area contributed by atoms with Crippen molar-refractivity contribution in [2.75, 3.05) is 5.32 Å². The molecular weight excluding hydrogens is 420 g/mol. The van der Waals surface area contributed by atoms with E-state index in [1.54, 1.807) is 12.1 Å². The highest BCUT2D eigenvalue weighted by Gasteiger charge is 2.23. The van der Waals surface area contributed by atoms with Crippen LogP contribution >= 0.6 is 12.2 Å². The number of aliphatic hydroxyl groups is 1. The maximum atomic E-state index is 13.2. The summed E-state index contributed by atoms with van der Waals surface area (Å²) in [6.07, 6.45) is 0. The summed E-state index contributed by atoms with van der Waals surface area (Å²) >= 11 is 5.41. The van der Waals surface area contributed by atoms with Crippen molar-refractivity contribution >= 4 is 28.9 Å². The third-order valence-electron chi connectivity index (χ3n) is 4.99. The molecule has 0 spiro atoms. The van der Waals surface area contributed by atoms with Crippen molar-refractivity contribution in [3.63, 3.8) is 0 Å². The Kier molecular flexibility index (Phi) is 6.75. The minimum atomic E-state index is -0.483. The molecule has 0 aliphatic carbocycles. The molecule has 4 rings (SSSR count). The molecule has 0 radical (unpaired) electrons. The molecule has 0 aliphatic heterocycles. The molecule has 4 aromatic rings. The molecule has 1 amide bonds. The van der Waals surface area contributed by atoms with Gasteiger partial charge in [0.05, 0.1) is 5.92 Å². The monoisotopic (exact) mass is 442 g/mol. The van der Waals surface area contributed by atoms with Gasteiger partial charge in [-0.2, -0.15) is 0 Å². The lowest BCUT2D eigenvalue weighted by Gasteiger charge is -2.19. The van der Waals surface area contributed by atoms with Crippen molar-refractivity contribution in [2.45, 2.75) is 12.5 Å². The summed E-state index contributed by atoms with van der Waals surface area (Å²) in [6.45, 7) is -0.155. The summed E-state index contributed by atoms with van der Waals surface area (Å²) in [5, 5.41) is 15.3. The minimum Gasteiger partial charge on any atom is -0.459 e. The van der Waals surface area contributed by atoms with E-state index < -0.39 is 5.92 Å². The highest BCUT2D eigenvalue weighted by Crippen LogP contribution is 2.26. The normalized spacial score (nSPS) is 10.7. The van der Waals surface area contributed by atoms with Crippen LogP contribution in [0.3, 0.4) is 0 Å². The Bertz CT molecular complexity index is 1170. The van der Waals surface area contributed by atoms with Gasteiger partial charge in [0.25, 0.3) is 0 Å². The Morgan fingerprint density at radius 2 is 1.53 bits per heavy atom. The number of benzene rings is 3. The summed E-state index contributed by atoms with van der Waals surface area (Å²) < 4.78 is 5.59. The van der Waals surface area contributed by atoms with Gasteiger partial charge < -0.3 is 20.2 Å². The van der Waals surface area contributed by atoms with Gasteiger partial charge in [-0.05, 0) is 47.6 Å². The van der Waals surface area contributed by atoms with Gasteiger partial charge in [0.1, 0.15) is 18.1 Å². The average molecular weight is 443 g/mol. The number of amides is 1. The first-order valence-electron chi connectivity index (χ1n) is 10.2. The molecular formula is C26H22N2O3S. The van der Waals surface area contributed by atoms with Crippen LogP contribution in [0.25, 0.3) is 11.3 Å². The van der Waals surface area contributed by atoms with Gasteiger partial charge >= 0.3 is 0 Å². The fourth-order valence-corrected chi connectivity index (χ4v) is 3.72. The molecule has 3 N–H and O–H groups in total. The number of carbonyl (C=O) groups is 1. The molecule has 0 saturated carbocycles. The van der Waals surface area contributed by atoms with Crippen LogP contribution in [0.15, 0.2) is 101 Å². The number of hydrogen-bond donors (Lipinski definition) is 3. The first kappa shape index (κ1) is 21.5. The lowest BCUT2D eigenvalue weighted by molar-refractivity contribution is -0.120. The predicted octanol–water partition coefficient (Wildman–Crippen LogP) is 5.08. The zero-order valence-electron chi connectivity index (χ0n) is 17.2. The zero-order valence-corrected chi connectivity index (χ0v) is 18.0. The number of thiocarbonyl (C=S) groups is 1. The highest BCUT2D eigenvalue weighted by molar-refractivity contribution is 7.80. The van der Waals surface area contributed by atoms with E-state index in [1.165, 1.54) is 0 Å². The van der Waals surface area contributed by atoms with Crippen molar-refractivity contribution < 1.29 is 14.3 Å². The smallest absolute Gasteiger partial charge is 0.238 e. The molecule has 1 aromatic heterocycles. The maximum Gasteiger partial charge on any atom is 0.238 e. The molecule has 0 atom stereocenters. The van der Waals surface area contributed by atoms with Crippen LogP contribution in [-0.4, -0.2) is 16.1 Å². The van der Waals surface area contributed by atoms with Crippen molar-refractivity contribution in [1.82, 2.24) is 5.32 Å². The molecule has 0 fully saturated rings. The van der Waals surface area contributed by atoms with Crippen LogP contribution in [0.2, 0.25) is 0 Å². The third-order valence-corrected chi connectivity index (χ3v) is 5.19. The third kappa shape index (κ3) is 5.11. The van der Waals surface area contributed by atoms with Crippen LogP contribution < -0.4 is 10.6 Å². The number of aliphatic hydroxyl groups excluding tert-OH is 1. The van der Waals surface area contributed by atoms with Gasteiger partial charge in [0.15, 0.2) is 5.11 Å². The summed E-state index contributed by atoms with van der Waals surface area (Å²) in [5.41, 5.74) is 3.32. The van der Waals surface area contributed by atoms with Crippen molar-refractivity contribution in [1.29, 1.82) is 0 Å². The molecule has 1 heterocycles. The molecule has 3 aromatic carbocycles. The van der Waals surface area contributed by atoms with Gasteiger partial charge in [0, 0.05) is 11.3 Å². The quantitative estimate of drug-likeness (QED) is 0.363. The molecule has 0 bridgehead atoms. The molecule has 0 aliphatic rings. The van der Waals surface area contributed by atoms with E-state index in [2.05, 4.69) is 10.6 Å². The SMILES string of the molecule is O=C(NC(=S)Nc1cccc(-c2ccc(CO)o2)c1)C(c1ccccc1)c1ccccc1. The number of furan rings is 1. The van der Waals surface area contributed by atoms with Gasteiger partial charge in [-0.15, -0.1) is 0 Å². The number of anilines is 1. The minimum absolute atomic E-state index is 0.155. The number of carbonyl (C=O) groups excluding carboxylic acids is 1. The van der Waals surface area contributed by atoms with Crippen LogP contribution in [0.4, 0.5) is 5.69 Å². The lowest BCUT2D eigenvalue weighted by Crippen LogP contribution is -2.37. The topological polar surface area (TPSA) is 74.5 Å². The highest BCUT2D eigenvalue weighted by atomic mass is 32.1. The maximum absolute atomic E-state index is 13.2. The molecule has 5 nitrogen and oxygen atoms in total. The van der Waals surface area contributed by atoms with Crippen molar-refractivity contribution in [2.24, 2.45) is 0 Å². The van der Waals surface area contributed by atoms with Crippen molar-refractivity contribution in [3.8, 4) is 11.3 Å². The molecule has 0 saturated heterocycles. The van der Waals surface area contributed by atoms with E-state index in [0.717, 1.165) is 16.7 Å². The van der Waals surface area contributed by atoms with Crippen molar-refractivity contribution in [3.05, 3.63) is 114 Å². The first-order valence-corrected chi connectivity index (χ1v) is 10.6.